The van der Waals surface area contributed by atoms with Crippen molar-refractivity contribution in [2.45, 2.75) is 20.3 Å². The maximum atomic E-state index is 13.5. The number of carbonyl (C=O) groups is 2. The van der Waals surface area contributed by atoms with Crippen LogP contribution in [0.3, 0.4) is 0 Å². The molecule has 0 unspecified atom stereocenters. The van der Waals surface area contributed by atoms with E-state index in [4.69, 9.17) is 11.6 Å². The highest BCUT2D eigenvalue weighted by atomic mass is 35.5. The van der Waals surface area contributed by atoms with Crippen LogP contribution in [0.15, 0.2) is 84.9 Å². The standard InChI is InChI=1S/C29H28ClFN4O2/c1-20(2)16-17-34(29(37)22-8-10-23(30)11-9-22)19-28(36)32-27-18-26(21-6-4-3-5-7-21)33-35(27)25-14-12-24(31)13-15-25/h3-15,18,20H,16-17,19H2,1-2H3,(H,32,36). The fourth-order valence-corrected chi connectivity index (χ4v) is 3.92. The van der Waals surface area contributed by atoms with E-state index in [0.29, 0.717) is 40.2 Å². The zero-order valence-electron chi connectivity index (χ0n) is 20.7. The Morgan fingerprint density at radius 3 is 2.32 bits per heavy atom. The van der Waals surface area contributed by atoms with Crippen molar-refractivity contribution < 1.29 is 14.0 Å². The molecule has 4 aromatic rings. The van der Waals surface area contributed by atoms with Crippen LogP contribution in [0, 0.1) is 11.7 Å². The zero-order valence-corrected chi connectivity index (χ0v) is 21.5. The maximum Gasteiger partial charge on any atom is 0.254 e. The molecule has 6 nitrogen and oxygen atoms in total. The predicted octanol–water partition coefficient (Wildman–Crippen LogP) is 6.46. The quantitative estimate of drug-likeness (QED) is 0.276. The third-order valence-corrected chi connectivity index (χ3v) is 6.06. The molecular weight excluding hydrogens is 491 g/mol. The molecule has 0 aliphatic heterocycles. The molecule has 8 heteroatoms. The fraction of sp³-hybridized carbons (Fsp3) is 0.207. The van der Waals surface area contributed by atoms with Gasteiger partial charge in [-0.2, -0.15) is 5.10 Å². The molecule has 190 valence electrons. The largest absolute Gasteiger partial charge is 0.329 e. The summed E-state index contributed by atoms with van der Waals surface area (Å²) < 4.78 is 15.1. The molecule has 0 aliphatic rings. The highest BCUT2D eigenvalue weighted by Gasteiger charge is 2.21. The monoisotopic (exact) mass is 518 g/mol. The van der Waals surface area contributed by atoms with Crippen LogP contribution in [0.4, 0.5) is 10.2 Å². The molecule has 0 aliphatic carbocycles. The van der Waals surface area contributed by atoms with Crippen molar-refractivity contribution in [1.29, 1.82) is 0 Å². The number of benzene rings is 3. The molecule has 0 radical (unpaired) electrons. The van der Waals surface area contributed by atoms with E-state index in [9.17, 15) is 14.0 Å². The normalized spacial score (nSPS) is 10.9. The summed E-state index contributed by atoms with van der Waals surface area (Å²) in [6, 6.07) is 23.8. The fourth-order valence-electron chi connectivity index (χ4n) is 3.80. The summed E-state index contributed by atoms with van der Waals surface area (Å²) in [7, 11) is 0. The molecule has 0 atom stereocenters. The van der Waals surface area contributed by atoms with Crippen molar-refractivity contribution in [2.24, 2.45) is 5.92 Å². The van der Waals surface area contributed by atoms with Gasteiger partial charge in [0.1, 0.15) is 18.2 Å². The van der Waals surface area contributed by atoms with Gasteiger partial charge in [0.05, 0.1) is 11.4 Å². The molecule has 0 fully saturated rings. The van der Waals surface area contributed by atoms with E-state index in [1.54, 1.807) is 47.1 Å². The molecule has 1 heterocycles. The van der Waals surface area contributed by atoms with E-state index in [1.807, 2.05) is 30.3 Å². The van der Waals surface area contributed by atoms with Gasteiger partial charge in [-0.25, -0.2) is 9.07 Å². The number of halogens is 2. The lowest BCUT2D eigenvalue weighted by molar-refractivity contribution is -0.117. The second-order valence-electron chi connectivity index (χ2n) is 9.13. The van der Waals surface area contributed by atoms with Gasteiger partial charge in [-0.3, -0.25) is 9.59 Å². The molecule has 3 aromatic carbocycles. The Morgan fingerprint density at radius 1 is 1.00 bits per heavy atom. The summed E-state index contributed by atoms with van der Waals surface area (Å²) in [5.74, 6) is -0.208. The van der Waals surface area contributed by atoms with E-state index in [-0.39, 0.29) is 24.2 Å². The first kappa shape index (κ1) is 26.1. The Kier molecular flexibility index (Phi) is 8.36. The van der Waals surface area contributed by atoms with E-state index in [0.717, 1.165) is 12.0 Å². The van der Waals surface area contributed by atoms with Gasteiger partial charge in [0.15, 0.2) is 0 Å². The van der Waals surface area contributed by atoms with Crippen LogP contribution >= 0.6 is 11.6 Å². The van der Waals surface area contributed by atoms with Gasteiger partial charge in [0, 0.05) is 28.8 Å². The lowest BCUT2D eigenvalue weighted by atomic mass is 10.1. The molecule has 0 saturated heterocycles. The highest BCUT2D eigenvalue weighted by Crippen LogP contribution is 2.25. The minimum Gasteiger partial charge on any atom is -0.329 e. The number of rotatable bonds is 9. The molecule has 1 N–H and O–H groups in total. The Balaban J connectivity index is 1.59. The van der Waals surface area contributed by atoms with Crippen LogP contribution in [0.2, 0.25) is 5.02 Å². The first-order chi connectivity index (χ1) is 17.8. The third kappa shape index (κ3) is 6.83. The number of nitrogens with one attached hydrogen (secondary N) is 1. The Morgan fingerprint density at radius 2 is 1.68 bits per heavy atom. The second-order valence-corrected chi connectivity index (χ2v) is 9.57. The zero-order chi connectivity index (χ0) is 26.4. The van der Waals surface area contributed by atoms with Gasteiger partial charge in [-0.15, -0.1) is 0 Å². The lowest BCUT2D eigenvalue weighted by Crippen LogP contribution is -2.39. The molecule has 0 spiro atoms. The molecule has 2 amide bonds. The minimum absolute atomic E-state index is 0.135. The second kappa shape index (κ2) is 11.8. The lowest BCUT2D eigenvalue weighted by Gasteiger charge is -2.23. The first-order valence-corrected chi connectivity index (χ1v) is 12.4. The van der Waals surface area contributed by atoms with Crippen molar-refractivity contribution in [3.05, 3.63) is 101 Å². The number of hydrogen-bond donors (Lipinski definition) is 1. The minimum atomic E-state index is -0.369. The van der Waals surface area contributed by atoms with Gasteiger partial charge in [0.2, 0.25) is 5.91 Å². The first-order valence-electron chi connectivity index (χ1n) is 12.1. The number of anilines is 1. The Hall–Kier alpha value is -3.97. The molecule has 4 rings (SSSR count). The van der Waals surface area contributed by atoms with Crippen LogP contribution in [0.5, 0.6) is 0 Å². The number of hydrogen-bond acceptors (Lipinski definition) is 3. The van der Waals surface area contributed by atoms with Crippen molar-refractivity contribution in [3.63, 3.8) is 0 Å². The summed E-state index contributed by atoms with van der Waals surface area (Å²) in [4.78, 5) is 28.0. The number of aromatic nitrogens is 2. The summed E-state index contributed by atoms with van der Waals surface area (Å²) >= 11 is 5.98. The average Bonchev–Trinajstić information content (AvgIpc) is 3.31. The molecule has 1 aromatic heterocycles. The summed E-state index contributed by atoms with van der Waals surface area (Å²) in [5.41, 5.74) is 2.57. The third-order valence-electron chi connectivity index (χ3n) is 5.81. The summed E-state index contributed by atoms with van der Waals surface area (Å²) in [6.45, 7) is 4.43. The Labute approximate surface area is 220 Å². The van der Waals surface area contributed by atoms with Crippen LogP contribution < -0.4 is 5.32 Å². The van der Waals surface area contributed by atoms with Crippen LogP contribution in [0.1, 0.15) is 30.6 Å². The smallest absolute Gasteiger partial charge is 0.254 e. The van der Waals surface area contributed by atoms with Gasteiger partial charge in [0.25, 0.3) is 5.91 Å². The van der Waals surface area contributed by atoms with E-state index >= 15 is 0 Å². The van der Waals surface area contributed by atoms with Gasteiger partial charge in [-0.05, 0) is 60.9 Å². The van der Waals surface area contributed by atoms with Crippen molar-refractivity contribution >= 4 is 29.2 Å². The van der Waals surface area contributed by atoms with Crippen molar-refractivity contribution in [2.75, 3.05) is 18.4 Å². The Bertz CT molecular complexity index is 1350. The van der Waals surface area contributed by atoms with Crippen LogP contribution in [-0.2, 0) is 4.79 Å². The van der Waals surface area contributed by atoms with Crippen LogP contribution in [0.25, 0.3) is 16.9 Å². The SMILES string of the molecule is CC(C)CCN(CC(=O)Nc1cc(-c2ccccc2)nn1-c1ccc(F)cc1)C(=O)c1ccc(Cl)cc1. The van der Waals surface area contributed by atoms with E-state index < -0.39 is 0 Å². The highest BCUT2D eigenvalue weighted by molar-refractivity contribution is 6.30. The van der Waals surface area contributed by atoms with Gasteiger partial charge >= 0.3 is 0 Å². The molecular formula is C29H28ClFN4O2. The molecule has 37 heavy (non-hydrogen) atoms. The summed E-state index contributed by atoms with van der Waals surface area (Å²) in [5, 5.41) is 8.08. The topological polar surface area (TPSA) is 67.2 Å². The summed E-state index contributed by atoms with van der Waals surface area (Å²) in [6.07, 6.45) is 0.748. The van der Waals surface area contributed by atoms with Crippen LogP contribution in [-0.4, -0.2) is 39.6 Å². The number of nitrogens with zero attached hydrogens (tertiary/aromatic N) is 3. The van der Waals surface area contributed by atoms with Gasteiger partial charge in [-0.1, -0.05) is 55.8 Å². The number of amides is 2. The maximum absolute atomic E-state index is 13.5. The van der Waals surface area contributed by atoms with E-state index in [1.165, 1.54) is 17.0 Å². The molecule has 0 saturated carbocycles. The predicted molar refractivity (Wildman–Crippen MR) is 144 cm³/mol. The average molecular weight is 519 g/mol. The van der Waals surface area contributed by atoms with Crippen molar-refractivity contribution in [1.82, 2.24) is 14.7 Å². The number of carbonyl (C=O) groups excluding carboxylic acids is 2. The molecule has 0 bridgehead atoms. The van der Waals surface area contributed by atoms with Crippen molar-refractivity contribution in [3.8, 4) is 16.9 Å². The van der Waals surface area contributed by atoms with Gasteiger partial charge < -0.3 is 10.2 Å². The van der Waals surface area contributed by atoms with E-state index in [2.05, 4.69) is 24.3 Å².